The minimum absolute atomic E-state index is 0.348. The SMILES string of the molecule is COc1ccc(NC2=Nc3ccccc3N3C2=Nc2c(c(C)nn2-c2ccccc2)C3c2ccc(Br)o2)cc1Cl. The molecule has 8 nitrogen and oxygen atoms in total. The van der Waals surface area contributed by atoms with E-state index < -0.39 is 0 Å². The number of hydrogen-bond donors (Lipinski definition) is 1. The van der Waals surface area contributed by atoms with Crippen molar-refractivity contribution in [3.63, 3.8) is 0 Å². The summed E-state index contributed by atoms with van der Waals surface area (Å²) in [7, 11) is 1.59. The molecular formula is C30H22BrClN6O2. The number of aliphatic imine (C=N–C) groups is 2. The summed E-state index contributed by atoms with van der Waals surface area (Å²) in [4.78, 5) is 12.4. The predicted molar refractivity (Wildman–Crippen MR) is 161 cm³/mol. The summed E-state index contributed by atoms with van der Waals surface area (Å²) in [6.45, 7) is 2.01. The van der Waals surface area contributed by atoms with E-state index in [1.807, 2.05) is 96.5 Å². The normalized spacial score (nSPS) is 15.5. The fourth-order valence-electron chi connectivity index (χ4n) is 5.17. The lowest BCUT2D eigenvalue weighted by Crippen LogP contribution is -2.46. The molecule has 40 heavy (non-hydrogen) atoms. The van der Waals surface area contributed by atoms with Gasteiger partial charge in [0.2, 0.25) is 0 Å². The van der Waals surface area contributed by atoms with Gasteiger partial charge in [-0.2, -0.15) is 5.10 Å². The van der Waals surface area contributed by atoms with Gasteiger partial charge >= 0.3 is 0 Å². The van der Waals surface area contributed by atoms with Crippen molar-refractivity contribution in [2.75, 3.05) is 17.3 Å². The lowest BCUT2D eigenvalue weighted by Gasteiger charge is -2.39. The number of fused-ring (bicyclic) bond motifs is 4. The number of aryl methyl sites for hydroxylation is 1. The van der Waals surface area contributed by atoms with Crippen LogP contribution in [0.25, 0.3) is 5.69 Å². The van der Waals surface area contributed by atoms with Crippen LogP contribution in [0.2, 0.25) is 5.02 Å². The van der Waals surface area contributed by atoms with Crippen LogP contribution >= 0.6 is 27.5 Å². The molecule has 0 saturated carbocycles. The maximum absolute atomic E-state index is 6.46. The highest BCUT2D eigenvalue weighted by Gasteiger charge is 2.42. The summed E-state index contributed by atoms with van der Waals surface area (Å²) >= 11 is 9.95. The summed E-state index contributed by atoms with van der Waals surface area (Å²) < 4.78 is 14.1. The fraction of sp³-hybridized carbons (Fsp3) is 0.100. The summed E-state index contributed by atoms with van der Waals surface area (Å²) in [5.74, 6) is 3.26. The molecule has 1 atom stereocenters. The van der Waals surface area contributed by atoms with E-state index >= 15 is 0 Å². The van der Waals surface area contributed by atoms with Crippen molar-refractivity contribution in [3.05, 3.63) is 112 Å². The molecule has 0 amide bonds. The van der Waals surface area contributed by atoms with Crippen molar-refractivity contribution in [2.24, 2.45) is 9.98 Å². The van der Waals surface area contributed by atoms with E-state index in [4.69, 9.17) is 35.8 Å². The van der Waals surface area contributed by atoms with Gasteiger partial charge < -0.3 is 19.4 Å². The van der Waals surface area contributed by atoms with Gasteiger partial charge in [0, 0.05) is 5.69 Å². The van der Waals surface area contributed by atoms with Crippen LogP contribution in [0, 0.1) is 6.92 Å². The largest absolute Gasteiger partial charge is 0.495 e. The van der Waals surface area contributed by atoms with Crippen LogP contribution in [0.4, 0.5) is 22.9 Å². The zero-order valence-corrected chi connectivity index (χ0v) is 23.8. The smallest absolute Gasteiger partial charge is 0.179 e. The third kappa shape index (κ3) is 4.01. The Balaban J connectivity index is 1.47. The first-order valence-corrected chi connectivity index (χ1v) is 13.8. The van der Waals surface area contributed by atoms with Crippen LogP contribution in [0.5, 0.6) is 5.75 Å². The van der Waals surface area contributed by atoms with E-state index in [1.165, 1.54) is 0 Å². The van der Waals surface area contributed by atoms with Gasteiger partial charge in [0.15, 0.2) is 22.2 Å². The number of aromatic nitrogens is 2. The Morgan fingerprint density at radius 3 is 2.52 bits per heavy atom. The number of ether oxygens (including phenoxy) is 1. The summed E-state index contributed by atoms with van der Waals surface area (Å²) in [6.07, 6.45) is 0. The number of amidine groups is 2. The van der Waals surface area contributed by atoms with Gasteiger partial charge in [0.05, 0.1) is 40.5 Å². The van der Waals surface area contributed by atoms with Gasteiger partial charge in [0.25, 0.3) is 0 Å². The summed E-state index contributed by atoms with van der Waals surface area (Å²) in [5.41, 5.74) is 5.19. The molecular weight excluding hydrogens is 592 g/mol. The Labute approximate surface area is 243 Å². The zero-order chi connectivity index (χ0) is 27.4. The summed E-state index contributed by atoms with van der Waals surface area (Å²) in [6, 6.07) is 27.0. The first kappa shape index (κ1) is 24.7. The van der Waals surface area contributed by atoms with Gasteiger partial charge in [0.1, 0.15) is 17.6 Å². The fourth-order valence-corrected chi connectivity index (χ4v) is 5.75. The topological polar surface area (TPSA) is 80.2 Å². The Morgan fingerprint density at radius 1 is 0.975 bits per heavy atom. The predicted octanol–water partition coefficient (Wildman–Crippen LogP) is 7.99. The standard InChI is InChI=1S/C30H22BrClN6O2/c1-17-26-27(24-14-15-25(31)40-24)37-22-11-7-6-10-21(22)34-28(33-18-12-13-23(39-2)20(32)16-18)30(37)35-29(26)38(36-17)19-8-4-3-5-9-19/h3-16,27H,1-2H3,(H,33,34). The van der Waals surface area contributed by atoms with Crippen molar-refractivity contribution >= 4 is 62.1 Å². The monoisotopic (exact) mass is 612 g/mol. The Hall–Kier alpha value is -4.34. The number of nitrogens with one attached hydrogen (secondary N) is 1. The van der Waals surface area contributed by atoms with Crippen molar-refractivity contribution < 1.29 is 9.15 Å². The molecule has 5 aromatic rings. The van der Waals surface area contributed by atoms with Crippen molar-refractivity contribution in [1.29, 1.82) is 0 Å². The molecule has 0 saturated heterocycles. The quantitative estimate of drug-likeness (QED) is 0.222. The number of para-hydroxylation sites is 3. The van der Waals surface area contributed by atoms with Gasteiger partial charge in [-0.3, -0.25) is 0 Å². The maximum atomic E-state index is 6.46. The van der Waals surface area contributed by atoms with Crippen molar-refractivity contribution in [2.45, 2.75) is 13.0 Å². The van der Waals surface area contributed by atoms with Crippen molar-refractivity contribution in [3.8, 4) is 11.4 Å². The number of halogens is 2. The first-order valence-electron chi connectivity index (χ1n) is 12.6. The second-order valence-electron chi connectivity index (χ2n) is 9.34. The van der Waals surface area contributed by atoms with Crippen molar-refractivity contribution in [1.82, 2.24) is 9.78 Å². The molecule has 2 aromatic heterocycles. The third-order valence-corrected chi connectivity index (χ3v) is 7.64. The molecule has 0 aliphatic carbocycles. The lowest BCUT2D eigenvalue weighted by atomic mass is 9.98. The third-order valence-electron chi connectivity index (χ3n) is 6.92. The highest BCUT2D eigenvalue weighted by molar-refractivity contribution is 9.10. The Morgan fingerprint density at radius 2 is 1.77 bits per heavy atom. The molecule has 2 aliphatic heterocycles. The Bertz CT molecular complexity index is 1830. The molecule has 198 valence electrons. The van der Waals surface area contributed by atoms with Crippen LogP contribution in [0.15, 0.2) is 104 Å². The molecule has 4 heterocycles. The minimum Gasteiger partial charge on any atom is -0.495 e. The van der Waals surface area contributed by atoms with E-state index in [-0.39, 0.29) is 6.04 Å². The van der Waals surface area contributed by atoms with E-state index in [0.29, 0.717) is 32.9 Å². The number of benzene rings is 3. The zero-order valence-electron chi connectivity index (χ0n) is 21.5. The highest BCUT2D eigenvalue weighted by atomic mass is 79.9. The first-order chi connectivity index (χ1) is 19.5. The number of furan rings is 1. The van der Waals surface area contributed by atoms with Crippen LogP contribution < -0.4 is 15.0 Å². The van der Waals surface area contributed by atoms with Crippen LogP contribution in [0.1, 0.15) is 23.1 Å². The molecule has 10 heteroatoms. The van der Waals surface area contributed by atoms with E-state index in [1.54, 1.807) is 7.11 Å². The van der Waals surface area contributed by atoms with Crippen LogP contribution in [-0.2, 0) is 0 Å². The molecule has 0 spiro atoms. The molecule has 1 N–H and O–H groups in total. The maximum Gasteiger partial charge on any atom is 0.179 e. The second-order valence-corrected chi connectivity index (χ2v) is 10.5. The van der Waals surface area contributed by atoms with E-state index in [2.05, 4.69) is 26.1 Å². The molecule has 0 radical (unpaired) electrons. The second kappa shape index (κ2) is 9.69. The van der Waals surface area contributed by atoms with E-state index in [9.17, 15) is 0 Å². The van der Waals surface area contributed by atoms with Crippen LogP contribution in [-0.4, -0.2) is 28.6 Å². The molecule has 7 rings (SSSR count). The number of hydrogen-bond acceptors (Lipinski definition) is 7. The van der Waals surface area contributed by atoms with Gasteiger partial charge in [-0.1, -0.05) is 41.9 Å². The minimum atomic E-state index is -0.348. The molecule has 0 bridgehead atoms. The molecule has 2 aliphatic rings. The average Bonchev–Trinajstić information content (AvgIpc) is 3.55. The Kier molecular flexibility index (Phi) is 5.98. The number of rotatable bonds is 4. The number of anilines is 2. The lowest BCUT2D eigenvalue weighted by molar-refractivity contribution is 0.415. The van der Waals surface area contributed by atoms with Gasteiger partial charge in [-0.25, -0.2) is 14.7 Å². The van der Waals surface area contributed by atoms with Gasteiger partial charge in [-0.15, -0.1) is 0 Å². The average molecular weight is 614 g/mol. The molecule has 1 unspecified atom stereocenters. The highest BCUT2D eigenvalue weighted by Crippen LogP contribution is 2.48. The number of nitrogens with zero attached hydrogens (tertiary/aromatic N) is 5. The molecule has 3 aromatic carbocycles. The van der Waals surface area contributed by atoms with Gasteiger partial charge in [-0.05, 0) is 77.5 Å². The number of methoxy groups -OCH3 is 1. The van der Waals surface area contributed by atoms with E-state index in [0.717, 1.165) is 39.8 Å². The van der Waals surface area contributed by atoms with Crippen LogP contribution in [0.3, 0.4) is 0 Å². The molecule has 0 fully saturated rings. The summed E-state index contributed by atoms with van der Waals surface area (Å²) in [5, 5.41) is 8.88.